The van der Waals surface area contributed by atoms with Crippen molar-refractivity contribution >= 4 is 12.7 Å². The minimum Gasteiger partial charge on any atom is -0.254 e. The summed E-state index contributed by atoms with van der Waals surface area (Å²) in [6.45, 7) is 0. The lowest BCUT2D eigenvalue weighted by molar-refractivity contribution is 0.463. The molecule has 4 heteroatoms. The molecule has 0 aromatic carbocycles. The average molecular weight is 112 g/mol. The zero-order valence-electron chi connectivity index (χ0n) is 4.94. The predicted molar refractivity (Wildman–Crippen MR) is 32.5 cm³/mol. The number of hydrazone groups is 2. The van der Waals surface area contributed by atoms with Gasteiger partial charge in [0.1, 0.15) is 12.7 Å². The third kappa shape index (κ3) is 0.959. The maximum atomic E-state index is 3.90. The maximum Gasteiger partial charge on any atom is 0.132 e. The van der Waals surface area contributed by atoms with E-state index >= 15 is 0 Å². The summed E-state index contributed by atoms with van der Waals surface area (Å²) in [5, 5.41) is 11.1. The Hall–Kier alpha value is -1.06. The Kier molecular flexibility index (Phi) is 1.15. The fourth-order valence-electron chi connectivity index (χ4n) is 0.372. The van der Waals surface area contributed by atoms with Gasteiger partial charge in [-0.05, 0) is 0 Å². The first kappa shape index (κ1) is 5.08. The number of hydrogen-bond donors (Lipinski definition) is 0. The number of rotatable bonds is 0. The van der Waals surface area contributed by atoms with Crippen LogP contribution in [-0.2, 0) is 0 Å². The molecule has 0 N–H and O–H groups in total. The molecule has 0 saturated carbocycles. The van der Waals surface area contributed by atoms with E-state index in [1.165, 1.54) is 0 Å². The molecule has 0 radical (unpaired) electrons. The summed E-state index contributed by atoms with van der Waals surface area (Å²) in [5.74, 6) is 0. The highest BCUT2D eigenvalue weighted by atomic mass is 15.6. The van der Waals surface area contributed by atoms with E-state index in [0.29, 0.717) is 0 Å². The Labute approximate surface area is 48.1 Å². The van der Waals surface area contributed by atoms with Crippen LogP contribution in [0.25, 0.3) is 0 Å². The summed E-state index contributed by atoms with van der Waals surface area (Å²) in [5.41, 5.74) is 0. The standard InChI is InChI=1S/C4H8N4/c1-7-3-6-8(2)4-5-7/h3-4H,1-2H3. The lowest BCUT2D eigenvalue weighted by Gasteiger charge is -2.14. The van der Waals surface area contributed by atoms with E-state index in [-0.39, 0.29) is 0 Å². The van der Waals surface area contributed by atoms with Crippen molar-refractivity contribution in [3.63, 3.8) is 0 Å². The predicted octanol–water partition coefficient (Wildman–Crippen LogP) is -0.250. The molecule has 44 valence electrons. The highest BCUT2D eigenvalue weighted by Gasteiger charge is 1.92. The molecule has 0 amide bonds. The van der Waals surface area contributed by atoms with Crippen LogP contribution in [0, 0.1) is 0 Å². The maximum absolute atomic E-state index is 3.90. The second-order valence-electron chi connectivity index (χ2n) is 1.61. The fourth-order valence-corrected chi connectivity index (χ4v) is 0.372. The summed E-state index contributed by atoms with van der Waals surface area (Å²) in [7, 11) is 3.65. The van der Waals surface area contributed by atoms with Crippen molar-refractivity contribution in [2.24, 2.45) is 10.2 Å². The lowest BCUT2D eigenvalue weighted by atomic mass is 11.0. The van der Waals surface area contributed by atoms with Crippen LogP contribution in [0.3, 0.4) is 0 Å². The topological polar surface area (TPSA) is 31.2 Å². The minimum absolute atomic E-state index is 1.64. The molecule has 0 saturated heterocycles. The smallest absolute Gasteiger partial charge is 0.132 e. The molecule has 0 bridgehead atoms. The van der Waals surface area contributed by atoms with Crippen LogP contribution in [0.2, 0.25) is 0 Å². The van der Waals surface area contributed by atoms with Gasteiger partial charge in [0.25, 0.3) is 0 Å². The van der Waals surface area contributed by atoms with E-state index in [1.807, 2.05) is 14.1 Å². The summed E-state index contributed by atoms with van der Waals surface area (Å²) in [6.07, 6.45) is 3.28. The van der Waals surface area contributed by atoms with Gasteiger partial charge in [0.15, 0.2) is 0 Å². The van der Waals surface area contributed by atoms with Gasteiger partial charge in [-0.25, -0.2) is 0 Å². The summed E-state index contributed by atoms with van der Waals surface area (Å²) in [4.78, 5) is 0. The van der Waals surface area contributed by atoms with Crippen molar-refractivity contribution in [2.75, 3.05) is 14.1 Å². The van der Waals surface area contributed by atoms with Crippen molar-refractivity contribution in [3.8, 4) is 0 Å². The second kappa shape index (κ2) is 1.81. The van der Waals surface area contributed by atoms with Crippen LogP contribution in [0.15, 0.2) is 10.2 Å². The molecule has 1 heterocycles. The molecule has 0 aliphatic carbocycles. The Morgan fingerprint density at radius 1 is 1.00 bits per heavy atom. The molecule has 0 spiro atoms. The van der Waals surface area contributed by atoms with Gasteiger partial charge in [0.2, 0.25) is 0 Å². The van der Waals surface area contributed by atoms with Gasteiger partial charge in [-0.3, -0.25) is 10.0 Å². The number of nitrogens with zero attached hydrogens (tertiary/aromatic N) is 4. The van der Waals surface area contributed by atoms with Gasteiger partial charge in [0.05, 0.1) is 0 Å². The molecule has 0 atom stereocenters. The fraction of sp³-hybridized carbons (Fsp3) is 0.500. The second-order valence-corrected chi connectivity index (χ2v) is 1.61. The first-order chi connectivity index (χ1) is 3.79. The van der Waals surface area contributed by atoms with E-state index < -0.39 is 0 Å². The van der Waals surface area contributed by atoms with E-state index in [0.717, 1.165) is 0 Å². The minimum atomic E-state index is 1.64. The largest absolute Gasteiger partial charge is 0.254 e. The molecule has 1 rings (SSSR count). The van der Waals surface area contributed by atoms with Gasteiger partial charge < -0.3 is 0 Å². The molecule has 0 aromatic heterocycles. The highest BCUT2D eigenvalue weighted by molar-refractivity contribution is 5.64. The van der Waals surface area contributed by atoms with Crippen LogP contribution in [0.4, 0.5) is 0 Å². The van der Waals surface area contributed by atoms with E-state index in [4.69, 9.17) is 0 Å². The first-order valence-corrected chi connectivity index (χ1v) is 2.33. The monoisotopic (exact) mass is 112 g/mol. The molecular formula is C4H8N4. The molecule has 0 fully saturated rings. The molecule has 0 aromatic rings. The molecule has 8 heavy (non-hydrogen) atoms. The molecular weight excluding hydrogens is 104 g/mol. The van der Waals surface area contributed by atoms with Gasteiger partial charge >= 0.3 is 0 Å². The average Bonchev–Trinajstić information content (AvgIpc) is 1.77. The van der Waals surface area contributed by atoms with Gasteiger partial charge in [-0.15, -0.1) is 0 Å². The van der Waals surface area contributed by atoms with Crippen LogP contribution in [-0.4, -0.2) is 36.8 Å². The summed E-state index contributed by atoms with van der Waals surface area (Å²) in [6, 6.07) is 0. The Balaban J connectivity index is 2.54. The SMILES string of the molecule is CN1C=NN(C)C=N1. The van der Waals surface area contributed by atoms with Crippen molar-refractivity contribution in [1.29, 1.82) is 0 Å². The molecule has 1 aliphatic heterocycles. The van der Waals surface area contributed by atoms with Crippen molar-refractivity contribution in [3.05, 3.63) is 0 Å². The van der Waals surface area contributed by atoms with Crippen molar-refractivity contribution < 1.29 is 0 Å². The van der Waals surface area contributed by atoms with Crippen LogP contribution in [0.5, 0.6) is 0 Å². The van der Waals surface area contributed by atoms with Crippen molar-refractivity contribution in [2.45, 2.75) is 0 Å². The normalized spacial score (nSPS) is 17.8. The zero-order valence-corrected chi connectivity index (χ0v) is 4.94. The van der Waals surface area contributed by atoms with Crippen LogP contribution < -0.4 is 0 Å². The summed E-state index contributed by atoms with van der Waals surface area (Å²) >= 11 is 0. The molecule has 1 aliphatic rings. The zero-order chi connectivity index (χ0) is 5.98. The third-order valence-corrected chi connectivity index (χ3v) is 0.802. The highest BCUT2D eigenvalue weighted by Crippen LogP contribution is 1.86. The van der Waals surface area contributed by atoms with Crippen LogP contribution >= 0.6 is 0 Å². The van der Waals surface area contributed by atoms with Gasteiger partial charge in [-0.1, -0.05) is 0 Å². The quantitative estimate of drug-likeness (QED) is 0.432. The van der Waals surface area contributed by atoms with Gasteiger partial charge in [0, 0.05) is 14.1 Å². The Morgan fingerprint density at radius 2 is 1.38 bits per heavy atom. The van der Waals surface area contributed by atoms with Crippen LogP contribution in [0.1, 0.15) is 0 Å². The van der Waals surface area contributed by atoms with Gasteiger partial charge in [-0.2, -0.15) is 10.2 Å². The van der Waals surface area contributed by atoms with Crippen molar-refractivity contribution in [1.82, 2.24) is 10.0 Å². The van der Waals surface area contributed by atoms with E-state index in [1.54, 1.807) is 22.7 Å². The Morgan fingerprint density at radius 3 is 1.62 bits per heavy atom. The third-order valence-electron chi connectivity index (χ3n) is 0.802. The number of hydrogen-bond acceptors (Lipinski definition) is 4. The molecule has 0 unspecified atom stereocenters. The van der Waals surface area contributed by atoms with E-state index in [2.05, 4.69) is 10.2 Å². The molecule has 4 nitrogen and oxygen atoms in total. The lowest BCUT2D eigenvalue weighted by Crippen LogP contribution is -2.21. The Bertz CT molecular complexity index is 100. The summed E-state index contributed by atoms with van der Waals surface area (Å²) < 4.78 is 0. The first-order valence-electron chi connectivity index (χ1n) is 2.33. The van der Waals surface area contributed by atoms with E-state index in [9.17, 15) is 0 Å².